The number of rotatable bonds is 4. The van der Waals surface area contributed by atoms with E-state index in [0.29, 0.717) is 13.0 Å². The van der Waals surface area contributed by atoms with E-state index in [1.165, 1.54) is 0 Å². The second kappa shape index (κ2) is 5.46. The molecule has 1 atom stereocenters. The largest absolute Gasteiger partial charge is 0.396 e. The van der Waals surface area contributed by atoms with E-state index in [9.17, 15) is 4.79 Å². The van der Waals surface area contributed by atoms with E-state index in [1.54, 1.807) is 17.4 Å². The molecule has 0 aliphatic carbocycles. The van der Waals surface area contributed by atoms with Crippen molar-refractivity contribution in [3.05, 3.63) is 48.5 Å². The summed E-state index contributed by atoms with van der Waals surface area (Å²) in [7, 11) is 0. The molecule has 0 spiro atoms. The summed E-state index contributed by atoms with van der Waals surface area (Å²) in [5.41, 5.74) is 2.07. The maximum atomic E-state index is 11.9. The molecule has 1 fully saturated rings. The number of amides is 1. The van der Waals surface area contributed by atoms with E-state index < -0.39 is 0 Å². The van der Waals surface area contributed by atoms with Gasteiger partial charge in [-0.05, 0) is 17.7 Å². The molecular weight excluding hydrogens is 254 g/mol. The van der Waals surface area contributed by atoms with Crippen LogP contribution < -0.4 is 4.90 Å². The van der Waals surface area contributed by atoms with Gasteiger partial charge >= 0.3 is 0 Å². The van der Waals surface area contributed by atoms with Gasteiger partial charge in [0.1, 0.15) is 0 Å². The zero-order chi connectivity index (χ0) is 13.9. The fourth-order valence-electron chi connectivity index (χ4n) is 2.53. The lowest BCUT2D eigenvalue weighted by atomic mass is 10.1. The Morgan fingerprint density at radius 2 is 2.10 bits per heavy atom. The lowest BCUT2D eigenvalue weighted by Crippen LogP contribution is -2.24. The van der Waals surface area contributed by atoms with Gasteiger partial charge < -0.3 is 14.6 Å². The smallest absolute Gasteiger partial charge is 0.227 e. The Kier molecular flexibility index (Phi) is 3.52. The highest BCUT2D eigenvalue weighted by Gasteiger charge is 2.29. The summed E-state index contributed by atoms with van der Waals surface area (Å²) in [6, 6.07) is 7.97. The van der Waals surface area contributed by atoms with Crippen LogP contribution in [-0.2, 0) is 11.3 Å². The summed E-state index contributed by atoms with van der Waals surface area (Å²) in [5, 5.41) is 9.15. The van der Waals surface area contributed by atoms with Crippen LogP contribution in [0.25, 0.3) is 0 Å². The van der Waals surface area contributed by atoms with Gasteiger partial charge in [-0.2, -0.15) is 0 Å². The molecule has 104 valence electrons. The van der Waals surface area contributed by atoms with Gasteiger partial charge in [-0.3, -0.25) is 4.79 Å². The third-order valence-corrected chi connectivity index (χ3v) is 3.64. The number of anilines is 1. The fraction of sp³-hybridized carbons (Fsp3) is 0.333. The van der Waals surface area contributed by atoms with Gasteiger partial charge in [-0.25, -0.2) is 4.98 Å². The molecule has 0 radical (unpaired) electrons. The van der Waals surface area contributed by atoms with Gasteiger partial charge in [0, 0.05) is 50.1 Å². The topological polar surface area (TPSA) is 58.4 Å². The minimum Gasteiger partial charge on any atom is -0.396 e. The number of carbonyl (C=O) groups is 1. The van der Waals surface area contributed by atoms with Crippen LogP contribution in [-0.4, -0.2) is 33.7 Å². The maximum absolute atomic E-state index is 11.9. The minimum atomic E-state index is 0.0631. The average Bonchev–Trinajstić information content (AvgIpc) is 3.09. The third kappa shape index (κ3) is 2.58. The van der Waals surface area contributed by atoms with E-state index in [4.69, 9.17) is 5.11 Å². The molecule has 1 unspecified atom stereocenters. The van der Waals surface area contributed by atoms with Crippen molar-refractivity contribution in [1.82, 2.24) is 9.55 Å². The van der Waals surface area contributed by atoms with Crippen molar-refractivity contribution in [1.29, 1.82) is 0 Å². The first-order chi connectivity index (χ1) is 9.76. The normalized spacial score (nSPS) is 18.8. The molecule has 20 heavy (non-hydrogen) atoms. The molecule has 5 nitrogen and oxygen atoms in total. The molecule has 1 saturated heterocycles. The van der Waals surface area contributed by atoms with E-state index in [0.717, 1.165) is 17.8 Å². The van der Waals surface area contributed by atoms with Crippen LogP contribution in [0.3, 0.4) is 0 Å². The monoisotopic (exact) mass is 271 g/mol. The SMILES string of the molecule is O=C1CC(CO)CN1c1ccc(Cn2ccnc2)cc1. The summed E-state index contributed by atoms with van der Waals surface area (Å²) < 4.78 is 2.00. The molecule has 1 aliphatic rings. The molecule has 2 heterocycles. The zero-order valence-corrected chi connectivity index (χ0v) is 11.1. The first-order valence-corrected chi connectivity index (χ1v) is 6.72. The lowest BCUT2D eigenvalue weighted by Gasteiger charge is -2.17. The number of aliphatic hydroxyl groups is 1. The van der Waals surface area contributed by atoms with Crippen molar-refractivity contribution in [2.24, 2.45) is 5.92 Å². The van der Waals surface area contributed by atoms with Crippen LogP contribution in [0.2, 0.25) is 0 Å². The van der Waals surface area contributed by atoms with Crippen molar-refractivity contribution in [3.8, 4) is 0 Å². The highest BCUT2D eigenvalue weighted by Crippen LogP contribution is 2.25. The molecule has 1 aromatic carbocycles. The van der Waals surface area contributed by atoms with Crippen molar-refractivity contribution in [2.75, 3.05) is 18.1 Å². The summed E-state index contributed by atoms with van der Waals surface area (Å²) in [6.45, 7) is 1.45. The number of aromatic nitrogens is 2. The Labute approximate surface area is 117 Å². The Bertz CT molecular complexity index is 578. The first kappa shape index (κ1) is 12.9. The van der Waals surface area contributed by atoms with Crippen molar-refractivity contribution in [2.45, 2.75) is 13.0 Å². The number of imidazole rings is 1. The minimum absolute atomic E-state index is 0.0631. The number of benzene rings is 1. The zero-order valence-electron chi connectivity index (χ0n) is 11.1. The van der Waals surface area contributed by atoms with Gasteiger partial charge in [0.25, 0.3) is 0 Å². The van der Waals surface area contributed by atoms with E-state index in [2.05, 4.69) is 4.98 Å². The predicted molar refractivity (Wildman–Crippen MR) is 75.3 cm³/mol. The average molecular weight is 271 g/mol. The summed E-state index contributed by atoms with van der Waals surface area (Å²) in [5.74, 6) is 0.152. The molecule has 0 saturated carbocycles. The maximum Gasteiger partial charge on any atom is 0.227 e. The Morgan fingerprint density at radius 1 is 1.30 bits per heavy atom. The molecular formula is C15H17N3O2. The van der Waals surface area contributed by atoms with Crippen LogP contribution >= 0.6 is 0 Å². The predicted octanol–water partition coefficient (Wildman–Crippen LogP) is 1.28. The standard InChI is InChI=1S/C15H17N3O2/c19-10-13-7-15(20)18(9-13)14-3-1-12(2-4-14)8-17-6-5-16-11-17/h1-6,11,13,19H,7-10H2. The number of nitrogens with zero attached hydrogens (tertiary/aromatic N) is 3. The second-order valence-electron chi connectivity index (χ2n) is 5.16. The number of hydrogen-bond donors (Lipinski definition) is 1. The summed E-state index contributed by atoms with van der Waals surface area (Å²) in [4.78, 5) is 17.7. The molecule has 2 aromatic rings. The van der Waals surface area contributed by atoms with E-state index in [1.807, 2.05) is 35.0 Å². The third-order valence-electron chi connectivity index (χ3n) is 3.64. The fourth-order valence-corrected chi connectivity index (χ4v) is 2.53. The van der Waals surface area contributed by atoms with Gasteiger partial charge in [0.2, 0.25) is 5.91 Å². The van der Waals surface area contributed by atoms with Crippen molar-refractivity contribution >= 4 is 11.6 Å². The molecule has 1 aliphatic heterocycles. The van der Waals surface area contributed by atoms with E-state index >= 15 is 0 Å². The molecule has 1 aromatic heterocycles. The summed E-state index contributed by atoms with van der Waals surface area (Å²) in [6.07, 6.45) is 5.90. The van der Waals surface area contributed by atoms with Gasteiger partial charge in [-0.15, -0.1) is 0 Å². The van der Waals surface area contributed by atoms with Crippen LogP contribution in [0.5, 0.6) is 0 Å². The van der Waals surface area contributed by atoms with Gasteiger partial charge in [0.15, 0.2) is 0 Å². The Balaban J connectivity index is 1.71. The molecule has 5 heteroatoms. The van der Waals surface area contributed by atoms with Crippen LogP contribution in [0.15, 0.2) is 43.0 Å². The van der Waals surface area contributed by atoms with Gasteiger partial charge in [0.05, 0.1) is 6.33 Å². The van der Waals surface area contributed by atoms with Crippen LogP contribution in [0, 0.1) is 5.92 Å². The Morgan fingerprint density at radius 3 is 2.70 bits per heavy atom. The highest BCUT2D eigenvalue weighted by atomic mass is 16.3. The molecule has 3 rings (SSSR count). The van der Waals surface area contributed by atoms with Crippen LogP contribution in [0.4, 0.5) is 5.69 Å². The van der Waals surface area contributed by atoms with Gasteiger partial charge in [-0.1, -0.05) is 12.1 Å². The molecule has 1 N–H and O–H groups in total. The van der Waals surface area contributed by atoms with Crippen LogP contribution in [0.1, 0.15) is 12.0 Å². The quantitative estimate of drug-likeness (QED) is 0.911. The number of hydrogen-bond acceptors (Lipinski definition) is 3. The Hall–Kier alpha value is -2.14. The van der Waals surface area contributed by atoms with Crippen molar-refractivity contribution in [3.63, 3.8) is 0 Å². The second-order valence-corrected chi connectivity index (χ2v) is 5.16. The number of carbonyl (C=O) groups excluding carboxylic acids is 1. The molecule has 0 bridgehead atoms. The highest BCUT2D eigenvalue weighted by molar-refractivity contribution is 5.95. The molecule has 1 amide bonds. The number of aliphatic hydroxyl groups excluding tert-OH is 1. The lowest BCUT2D eigenvalue weighted by molar-refractivity contribution is -0.117. The van der Waals surface area contributed by atoms with E-state index in [-0.39, 0.29) is 18.4 Å². The first-order valence-electron chi connectivity index (χ1n) is 6.72. The summed E-state index contributed by atoms with van der Waals surface area (Å²) >= 11 is 0. The van der Waals surface area contributed by atoms with Crippen molar-refractivity contribution < 1.29 is 9.90 Å².